The van der Waals surface area contributed by atoms with Gasteiger partial charge in [0.15, 0.2) is 0 Å². The molecule has 1 aliphatic carbocycles. The monoisotopic (exact) mass is 307 g/mol. The van der Waals surface area contributed by atoms with E-state index in [9.17, 15) is 4.79 Å². The van der Waals surface area contributed by atoms with Gasteiger partial charge in [-0.05, 0) is 58.7 Å². The maximum Gasteiger partial charge on any atom is 0.326 e. The molecule has 0 amide bonds. The van der Waals surface area contributed by atoms with Crippen LogP contribution in [0.25, 0.3) is 0 Å². The van der Waals surface area contributed by atoms with Gasteiger partial charge >= 0.3 is 5.97 Å². The summed E-state index contributed by atoms with van der Waals surface area (Å²) in [7, 11) is 1.87. The molecule has 0 radical (unpaired) electrons. The minimum atomic E-state index is -0.504. The lowest BCUT2D eigenvalue weighted by molar-refractivity contribution is -0.152. The van der Waals surface area contributed by atoms with Gasteiger partial charge in [-0.1, -0.05) is 17.7 Å². The molecule has 116 valence electrons. The van der Waals surface area contributed by atoms with E-state index in [-0.39, 0.29) is 5.97 Å². The molecule has 0 spiro atoms. The third kappa shape index (κ3) is 4.01. The molecule has 0 saturated heterocycles. The Morgan fingerprint density at radius 2 is 2.33 bits per heavy atom. The SMILES string of the molecule is CCOC(=O)C1(NC)CCCC(Sc2cccc(C)c2)C1. The number of thioether (sulfide) groups is 1. The second kappa shape index (κ2) is 7.32. The standard InChI is InChI=1S/C17H25NO2S/c1-4-20-16(19)17(18-3)10-6-9-15(12-17)21-14-8-5-7-13(2)11-14/h5,7-8,11,15,18H,4,6,9-10,12H2,1-3H3. The van der Waals surface area contributed by atoms with Crippen molar-refractivity contribution in [3.8, 4) is 0 Å². The van der Waals surface area contributed by atoms with Crippen LogP contribution in [0.5, 0.6) is 0 Å². The van der Waals surface area contributed by atoms with Crippen LogP contribution in [-0.2, 0) is 9.53 Å². The van der Waals surface area contributed by atoms with Crippen LogP contribution in [0.2, 0.25) is 0 Å². The topological polar surface area (TPSA) is 38.3 Å². The Hall–Kier alpha value is -1.00. The number of carbonyl (C=O) groups excluding carboxylic acids is 1. The molecule has 1 saturated carbocycles. The molecule has 1 aliphatic rings. The fraction of sp³-hybridized carbons (Fsp3) is 0.588. The van der Waals surface area contributed by atoms with Crippen molar-refractivity contribution in [2.45, 2.75) is 55.2 Å². The van der Waals surface area contributed by atoms with E-state index in [1.165, 1.54) is 10.5 Å². The summed E-state index contributed by atoms with van der Waals surface area (Å²) in [5.41, 5.74) is 0.775. The predicted octanol–water partition coefficient (Wildman–Crippen LogP) is 3.55. The van der Waals surface area contributed by atoms with E-state index in [0.29, 0.717) is 11.9 Å². The Morgan fingerprint density at radius 1 is 1.52 bits per heavy atom. The molecule has 21 heavy (non-hydrogen) atoms. The van der Waals surface area contributed by atoms with E-state index >= 15 is 0 Å². The van der Waals surface area contributed by atoms with Gasteiger partial charge in [0, 0.05) is 10.1 Å². The predicted molar refractivity (Wildman–Crippen MR) is 87.7 cm³/mol. The molecule has 0 bridgehead atoms. The number of likely N-dealkylation sites (N-methyl/N-ethyl adjacent to an activating group) is 1. The van der Waals surface area contributed by atoms with Crippen molar-refractivity contribution in [2.75, 3.05) is 13.7 Å². The Labute approximate surface area is 131 Å². The molecule has 4 heteroatoms. The van der Waals surface area contributed by atoms with E-state index in [2.05, 4.69) is 36.5 Å². The zero-order valence-electron chi connectivity index (χ0n) is 13.1. The fourth-order valence-electron chi connectivity index (χ4n) is 2.99. The van der Waals surface area contributed by atoms with Gasteiger partial charge in [-0.25, -0.2) is 0 Å². The molecular formula is C17H25NO2S. The summed E-state index contributed by atoms with van der Waals surface area (Å²) in [6, 6.07) is 8.57. The fourth-order valence-corrected chi connectivity index (χ4v) is 4.44. The smallest absolute Gasteiger partial charge is 0.326 e. The number of esters is 1. The first-order valence-corrected chi connectivity index (χ1v) is 8.57. The molecule has 0 aromatic heterocycles. The molecule has 1 aromatic carbocycles. The summed E-state index contributed by atoms with van der Waals surface area (Å²) in [4.78, 5) is 13.6. The number of rotatable bonds is 5. The quantitative estimate of drug-likeness (QED) is 0.844. The number of benzene rings is 1. The number of ether oxygens (including phenoxy) is 1. The maximum atomic E-state index is 12.3. The summed E-state index contributed by atoms with van der Waals surface area (Å²) < 4.78 is 5.28. The zero-order chi connectivity index (χ0) is 15.3. The van der Waals surface area contributed by atoms with E-state index in [1.807, 2.05) is 25.7 Å². The van der Waals surface area contributed by atoms with Crippen molar-refractivity contribution in [3.63, 3.8) is 0 Å². The molecule has 1 fully saturated rings. The van der Waals surface area contributed by atoms with Crippen LogP contribution in [0.4, 0.5) is 0 Å². The molecule has 1 N–H and O–H groups in total. The third-order valence-corrected chi connectivity index (χ3v) is 5.40. The lowest BCUT2D eigenvalue weighted by atomic mass is 9.81. The summed E-state index contributed by atoms with van der Waals surface area (Å²) in [6.45, 7) is 4.42. The zero-order valence-corrected chi connectivity index (χ0v) is 14.0. The van der Waals surface area contributed by atoms with Gasteiger partial charge in [-0.2, -0.15) is 0 Å². The Balaban J connectivity index is 2.07. The summed E-state index contributed by atoms with van der Waals surface area (Å²) in [5.74, 6) is -0.0953. The molecule has 3 nitrogen and oxygen atoms in total. The number of carbonyl (C=O) groups is 1. The summed E-state index contributed by atoms with van der Waals surface area (Å²) >= 11 is 1.88. The van der Waals surface area contributed by atoms with E-state index in [4.69, 9.17) is 4.74 Å². The molecule has 2 atom stereocenters. The van der Waals surface area contributed by atoms with E-state index in [1.54, 1.807) is 0 Å². The first kappa shape index (κ1) is 16.4. The normalized spacial score (nSPS) is 25.6. The van der Waals surface area contributed by atoms with Gasteiger partial charge in [0.25, 0.3) is 0 Å². The molecule has 2 unspecified atom stereocenters. The number of nitrogens with one attached hydrogen (secondary N) is 1. The Kier molecular flexibility index (Phi) is 5.71. The first-order valence-electron chi connectivity index (χ1n) is 7.69. The van der Waals surface area contributed by atoms with Gasteiger partial charge in [0.05, 0.1) is 6.61 Å². The molecule has 0 aliphatic heterocycles. The molecule has 1 aromatic rings. The summed E-state index contributed by atoms with van der Waals surface area (Å²) in [5, 5.41) is 3.70. The van der Waals surface area contributed by atoms with Gasteiger partial charge < -0.3 is 10.1 Å². The van der Waals surface area contributed by atoms with Crippen molar-refractivity contribution in [1.29, 1.82) is 0 Å². The molecule has 0 heterocycles. The Bertz CT molecular complexity index is 491. The largest absolute Gasteiger partial charge is 0.465 e. The maximum absolute atomic E-state index is 12.3. The minimum absolute atomic E-state index is 0.0953. The van der Waals surface area contributed by atoms with Crippen LogP contribution in [0.3, 0.4) is 0 Å². The average Bonchev–Trinajstić information content (AvgIpc) is 2.47. The highest BCUT2D eigenvalue weighted by Crippen LogP contribution is 2.39. The number of aryl methyl sites for hydroxylation is 1. The Morgan fingerprint density at radius 3 is 3.00 bits per heavy atom. The van der Waals surface area contributed by atoms with E-state index < -0.39 is 5.54 Å². The van der Waals surface area contributed by atoms with Crippen LogP contribution < -0.4 is 5.32 Å². The molecule has 2 rings (SSSR count). The lowest BCUT2D eigenvalue weighted by Crippen LogP contribution is -2.54. The second-order valence-electron chi connectivity index (χ2n) is 5.71. The van der Waals surface area contributed by atoms with Crippen molar-refractivity contribution >= 4 is 17.7 Å². The van der Waals surface area contributed by atoms with Crippen LogP contribution in [-0.4, -0.2) is 30.4 Å². The van der Waals surface area contributed by atoms with Crippen LogP contribution in [0.1, 0.15) is 38.2 Å². The van der Waals surface area contributed by atoms with Crippen LogP contribution in [0.15, 0.2) is 29.2 Å². The average molecular weight is 307 g/mol. The lowest BCUT2D eigenvalue weighted by Gasteiger charge is -2.38. The van der Waals surface area contributed by atoms with Crippen LogP contribution >= 0.6 is 11.8 Å². The van der Waals surface area contributed by atoms with Gasteiger partial charge in [0.2, 0.25) is 0 Å². The molecular weight excluding hydrogens is 282 g/mol. The number of hydrogen-bond acceptors (Lipinski definition) is 4. The second-order valence-corrected chi connectivity index (χ2v) is 7.08. The number of hydrogen-bond donors (Lipinski definition) is 1. The highest BCUT2D eigenvalue weighted by Gasteiger charge is 2.43. The van der Waals surface area contributed by atoms with Crippen molar-refractivity contribution in [1.82, 2.24) is 5.32 Å². The van der Waals surface area contributed by atoms with Crippen molar-refractivity contribution in [3.05, 3.63) is 29.8 Å². The van der Waals surface area contributed by atoms with Gasteiger partial charge in [-0.15, -0.1) is 11.8 Å². The van der Waals surface area contributed by atoms with Crippen LogP contribution in [0, 0.1) is 6.92 Å². The summed E-state index contributed by atoms with van der Waals surface area (Å²) in [6.07, 6.45) is 3.92. The van der Waals surface area contributed by atoms with E-state index in [0.717, 1.165) is 25.7 Å². The first-order chi connectivity index (χ1) is 10.1. The van der Waals surface area contributed by atoms with Gasteiger partial charge in [-0.3, -0.25) is 4.79 Å². The highest BCUT2D eigenvalue weighted by molar-refractivity contribution is 8.00. The van der Waals surface area contributed by atoms with Gasteiger partial charge in [0.1, 0.15) is 5.54 Å². The highest BCUT2D eigenvalue weighted by atomic mass is 32.2. The van der Waals surface area contributed by atoms with Crippen molar-refractivity contribution in [2.24, 2.45) is 0 Å². The third-order valence-electron chi connectivity index (χ3n) is 4.14. The minimum Gasteiger partial charge on any atom is -0.465 e. The van der Waals surface area contributed by atoms with Crippen molar-refractivity contribution < 1.29 is 9.53 Å².